The van der Waals surface area contributed by atoms with Crippen molar-refractivity contribution < 1.29 is 9.59 Å². The molecular weight excluding hydrogens is 332 g/mol. The van der Waals surface area contributed by atoms with Gasteiger partial charge < -0.3 is 15.5 Å². The van der Waals surface area contributed by atoms with Crippen LogP contribution in [0.5, 0.6) is 0 Å². The summed E-state index contributed by atoms with van der Waals surface area (Å²) >= 11 is 0. The highest BCUT2D eigenvalue weighted by molar-refractivity contribution is 5.82. The number of piperazine rings is 1. The van der Waals surface area contributed by atoms with Gasteiger partial charge in [-0.2, -0.15) is 0 Å². The standard InChI is InChI=1S/C18H26N6O2/c1-12-19-5-4-16(21-12)22-15-9-24(8-14(15)13-2-3-13)18(26)11-23-7-6-20-17(25)10-23/h4-5,13-15H,2-3,6-11H2,1H3,(H,20,25)(H,19,21,22)/t14-,15+/m1/s1. The molecule has 8 heteroatoms. The minimum absolute atomic E-state index is 0.00000310. The van der Waals surface area contributed by atoms with E-state index in [-0.39, 0.29) is 17.9 Å². The van der Waals surface area contributed by atoms with E-state index in [1.54, 1.807) is 6.20 Å². The number of aromatic nitrogens is 2. The smallest absolute Gasteiger partial charge is 0.236 e. The Bertz CT molecular complexity index is 692. The highest BCUT2D eigenvalue weighted by atomic mass is 16.2. The number of rotatable bonds is 5. The Morgan fingerprint density at radius 1 is 1.38 bits per heavy atom. The molecule has 3 fully saturated rings. The third-order valence-corrected chi connectivity index (χ3v) is 5.53. The molecule has 1 aromatic heterocycles. The van der Waals surface area contributed by atoms with Gasteiger partial charge in [0.2, 0.25) is 11.8 Å². The number of likely N-dealkylation sites (tertiary alicyclic amines) is 1. The van der Waals surface area contributed by atoms with Gasteiger partial charge in [-0.05, 0) is 31.7 Å². The van der Waals surface area contributed by atoms with Crippen molar-refractivity contribution in [1.82, 2.24) is 25.1 Å². The van der Waals surface area contributed by atoms with E-state index in [0.717, 1.165) is 24.7 Å². The Labute approximate surface area is 153 Å². The van der Waals surface area contributed by atoms with Crippen LogP contribution in [0.4, 0.5) is 5.82 Å². The van der Waals surface area contributed by atoms with E-state index >= 15 is 0 Å². The Balaban J connectivity index is 1.39. The highest BCUT2D eigenvalue weighted by Gasteiger charge is 2.44. The second kappa shape index (κ2) is 7.19. The maximum Gasteiger partial charge on any atom is 0.236 e. The van der Waals surface area contributed by atoms with Crippen molar-refractivity contribution >= 4 is 17.6 Å². The van der Waals surface area contributed by atoms with E-state index in [2.05, 4.69) is 20.6 Å². The molecule has 2 amide bonds. The zero-order valence-corrected chi connectivity index (χ0v) is 15.1. The summed E-state index contributed by atoms with van der Waals surface area (Å²) in [7, 11) is 0. The third-order valence-electron chi connectivity index (χ3n) is 5.53. The number of hydrogen-bond donors (Lipinski definition) is 2. The number of aryl methyl sites for hydroxylation is 1. The molecule has 8 nitrogen and oxygen atoms in total. The zero-order valence-electron chi connectivity index (χ0n) is 15.1. The minimum atomic E-state index is 0.00000310. The summed E-state index contributed by atoms with van der Waals surface area (Å²) < 4.78 is 0. The van der Waals surface area contributed by atoms with Gasteiger partial charge in [-0.25, -0.2) is 9.97 Å². The van der Waals surface area contributed by atoms with Crippen molar-refractivity contribution in [2.45, 2.75) is 25.8 Å². The van der Waals surface area contributed by atoms with Gasteiger partial charge in [-0.3, -0.25) is 14.5 Å². The summed E-state index contributed by atoms with van der Waals surface area (Å²) in [5.41, 5.74) is 0. The lowest BCUT2D eigenvalue weighted by atomic mass is 9.98. The second-order valence-electron chi connectivity index (χ2n) is 7.60. The highest BCUT2D eigenvalue weighted by Crippen LogP contribution is 2.42. The fraction of sp³-hybridized carbons (Fsp3) is 0.667. The molecule has 2 atom stereocenters. The quantitative estimate of drug-likeness (QED) is 0.762. The van der Waals surface area contributed by atoms with E-state index in [1.807, 2.05) is 22.8 Å². The van der Waals surface area contributed by atoms with Gasteiger partial charge >= 0.3 is 0 Å². The Morgan fingerprint density at radius 3 is 2.96 bits per heavy atom. The van der Waals surface area contributed by atoms with Crippen molar-refractivity contribution in [3.63, 3.8) is 0 Å². The molecule has 2 saturated heterocycles. The molecular formula is C18H26N6O2. The van der Waals surface area contributed by atoms with Crippen LogP contribution in [0.3, 0.4) is 0 Å². The zero-order chi connectivity index (χ0) is 18.1. The summed E-state index contributed by atoms with van der Waals surface area (Å²) in [5, 5.41) is 6.32. The lowest BCUT2D eigenvalue weighted by Crippen LogP contribution is -2.51. The summed E-state index contributed by atoms with van der Waals surface area (Å²) in [4.78, 5) is 36.7. The van der Waals surface area contributed by atoms with E-state index < -0.39 is 0 Å². The van der Waals surface area contributed by atoms with Gasteiger partial charge in [-0.15, -0.1) is 0 Å². The van der Waals surface area contributed by atoms with Gasteiger partial charge in [0.15, 0.2) is 0 Å². The van der Waals surface area contributed by atoms with Gasteiger partial charge in [-0.1, -0.05) is 0 Å². The lowest BCUT2D eigenvalue weighted by molar-refractivity contribution is -0.133. The lowest BCUT2D eigenvalue weighted by Gasteiger charge is -2.27. The van der Waals surface area contributed by atoms with Gasteiger partial charge in [0.1, 0.15) is 11.6 Å². The number of carbonyl (C=O) groups excluding carboxylic acids is 2. The van der Waals surface area contributed by atoms with Crippen LogP contribution in [0.15, 0.2) is 12.3 Å². The molecule has 1 aliphatic carbocycles. The fourth-order valence-corrected chi connectivity index (χ4v) is 4.03. The minimum Gasteiger partial charge on any atom is -0.365 e. The second-order valence-corrected chi connectivity index (χ2v) is 7.60. The predicted octanol–water partition coefficient (Wildman–Crippen LogP) is -0.134. The van der Waals surface area contributed by atoms with E-state index in [0.29, 0.717) is 38.0 Å². The monoisotopic (exact) mass is 358 g/mol. The van der Waals surface area contributed by atoms with Crippen LogP contribution in [0, 0.1) is 18.8 Å². The fourth-order valence-electron chi connectivity index (χ4n) is 4.03. The number of nitrogens with one attached hydrogen (secondary N) is 2. The molecule has 1 saturated carbocycles. The van der Waals surface area contributed by atoms with Gasteiger partial charge in [0.05, 0.1) is 13.1 Å². The average molecular weight is 358 g/mol. The Hall–Kier alpha value is -2.22. The SMILES string of the molecule is Cc1nccc(N[C@H]2CN(C(=O)CN3CCNC(=O)C3)C[C@@H]2C2CC2)n1. The van der Waals surface area contributed by atoms with Gasteiger partial charge in [0, 0.05) is 44.3 Å². The first kappa shape index (κ1) is 17.2. The van der Waals surface area contributed by atoms with E-state index in [9.17, 15) is 9.59 Å². The summed E-state index contributed by atoms with van der Waals surface area (Å²) in [6, 6.07) is 2.11. The molecule has 0 unspecified atom stereocenters. The molecule has 3 aliphatic rings. The van der Waals surface area contributed by atoms with E-state index in [4.69, 9.17) is 0 Å². The number of nitrogens with zero attached hydrogens (tertiary/aromatic N) is 4. The van der Waals surface area contributed by atoms with Crippen LogP contribution in [-0.2, 0) is 9.59 Å². The van der Waals surface area contributed by atoms with Crippen LogP contribution in [0.2, 0.25) is 0 Å². The molecule has 4 rings (SSSR count). The van der Waals surface area contributed by atoms with Crippen molar-refractivity contribution in [3.8, 4) is 0 Å². The number of hydrogen-bond acceptors (Lipinski definition) is 6. The first-order chi connectivity index (χ1) is 12.6. The molecule has 0 bridgehead atoms. The van der Waals surface area contributed by atoms with Crippen molar-refractivity contribution in [2.75, 3.05) is 44.6 Å². The molecule has 1 aromatic rings. The average Bonchev–Trinajstić information content (AvgIpc) is 3.36. The van der Waals surface area contributed by atoms with Crippen molar-refractivity contribution in [2.24, 2.45) is 11.8 Å². The molecule has 0 aromatic carbocycles. The number of amides is 2. The first-order valence-electron chi connectivity index (χ1n) is 9.41. The van der Waals surface area contributed by atoms with Crippen LogP contribution in [-0.4, -0.2) is 76.9 Å². The molecule has 0 spiro atoms. The topological polar surface area (TPSA) is 90.5 Å². The molecule has 2 N–H and O–H groups in total. The predicted molar refractivity (Wildman–Crippen MR) is 96.4 cm³/mol. The van der Waals surface area contributed by atoms with Crippen LogP contribution >= 0.6 is 0 Å². The molecule has 26 heavy (non-hydrogen) atoms. The largest absolute Gasteiger partial charge is 0.365 e. The van der Waals surface area contributed by atoms with Gasteiger partial charge in [0.25, 0.3) is 0 Å². The Morgan fingerprint density at radius 2 is 2.23 bits per heavy atom. The van der Waals surface area contributed by atoms with Crippen molar-refractivity contribution in [1.29, 1.82) is 0 Å². The Kier molecular flexibility index (Phi) is 4.76. The summed E-state index contributed by atoms with van der Waals surface area (Å²) in [5.74, 6) is 2.86. The van der Waals surface area contributed by atoms with Crippen LogP contribution < -0.4 is 10.6 Å². The normalized spacial score (nSPS) is 26.7. The number of anilines is 1. The maximum atomic E-state index is 12.8. The molecule has 140 valence electrons. The van der Waals surface area contributed by atoms with Crippen molar-refractivity contribution in [3.05, 3.63) is 18.1 Å². The third kappa shape index (κ3) is 3.95. The maximum absolute atomic E-state index is 12.8. The van der Waals surface area contributed by atoms with Crippen LogP contribution in [0.25, 0.3) is 0 Å². The van der Waals surface area contributed by atoms with E-state index in [1.165, 1.54) is 12.8 Å². The number of carbonyl (C=O) groups is 2. The molecule has 3 heterocycles. The van der Waals surface area contributed by atoms with Crippen LogP contribution in [0.1, 0.15) is 18.7 Å². The first-order valence-corrected chi connectivity index (χ1v) is 9.41. The molecule has 2 aliphatic heterocycles. The summed E-state index contributed by atoms with van der Waals surface area (Å²) in [6.07, 6.45) is 4.26. The molecule has 0 radical (unpaired) electrons. The summed E-state index contributed by atoms with van der Waals surface area (Å²) in [6.45, 7) is 5.36.